The Hall–Kier alpha value is -1.92. The van der Waals surface area contributed by atoms with E-state index in [9.17, 15) is 14.0 Å². The maximum atomic E-state index is 13.8. The molecule has 3 rings (SSSR count). The van der Waals surface area contributed by atoms with E-state index >= 15 is 0 Å². The first-order valence-electron chi connectivity index (χ1n) is 6.49. The number of carbonyl (C=O) groups excluding carboxylic acids is 2. The molecule has 0 unspecified atom stereocenters. The van der Waals surface area contributed by atoms with Gasteiger partial charge >= 0.3 is 0 Å². The fourth-order valence-electron chi connectivity index (χ4n) is 2.28. The Morgan fingerprint density at radius 1 is 1.14 bits per heavy atom. The number of imide groups is 1. The summed E-state index contributed by atoms with van der Waals surface area (Å²) in [6.07, 6.45) is 1.71. The number of hydrogen-bond acceptors (Lipinski definition) is 3. The molecule has 1 saturated heterocycles. The molecular weight excluding hydrogens is 332 g/mol. The van der Waals surface area contributed by atoms with E-state index in [-0.39, 0.29) is 52.6 Å². The third-order valence-electron chi connectivity index (χ3n) is 3.34. The molecule has 1 aliphatic rings. The smallest absolute Gasteiger partial charge is 0.235 e. The molecule has 1 fully saturated rings. The van der Waals surface area contributed by atoms with Crippen molar-refractivity contribution in [2.24, 2.45) is 0 Å². The van der Waals surface area contributed by atoms with Crippen molar-refractivity contribution >= 4 is 40.8 Å². The molecule has 114 valence electrons. The van der Waals surface area contributed by atoms with Gasteiger partial charge in [-0.05, 0) is 12.1 Å². The van der Waals surface area contributed by atoms with Crippen LogP contribution in [0.15, 0.2) is 24.4 Å². The summed E-state index contributed by atoms with van der Waals surface area (Å²) in [4.78, 5) is 24.4. The van der Waals surface area contributed by atoms with Gasteiger partial charge in [-0.1, -0.05) is 29.3 Å². The minimum absolute atomic E-state index is 0.0431. The van der Waals surface area contributed by atoms with Crippen LogP contribution in [0, 0.1) is 5.82 Å². The molecule has 0 N–H and O–H groups in total. The first kappa shape index (κ1) is 15.0. The van der Waals surface area contributed by atoms with Gasteiger partial charge in [-0.15, -0.1) is 0 Å². The Kier molecular flexibility index (Phi) is 3.88. The van der Waals surface area contributed by atoms with Gasteiger partial charge in [-0.25, -0.2) is 9.29 Å². The van der Waals surface area contributed by atoms with Crippen molar-refractivity contribution in [3.05, 3.63) is 45.8 Å². The van der Waals surface area contributed by atoms with Crippen molar-refractivity contribution in [3.8, 4) is 0 Å². The van der Waals surface area contributed by atoms with E-state index in [1.165, 1.54) is 23.0 Å². The normalized spacial score (nSPS) is 15.0. The first-order chi connectivity index (χ1) is 10.5. The predicted octanol–water partition coefficient (Wildman–Crippen LogP) is 3.03. The fourth-order valence-corrected chi connectivity index (χ4v) is 2.74. The third-order valence-corrected chi connectivity index (χ3v) is 3.97. The molecule has 1 aromatic heterocycles. The summed E-state index contributed by atoms with van der Waals surface area (Å²) in [5, 5.41) is 4.53. The standard InChI is InChI=1S/C14H10Cl2FN3O2/c15-9-2-1-3-11(17)8(9)6-19-7-10(16)14(18-19)20-12(21)4-5-13(20)22/h1-3,7H,4-6H2. The Morgan fingerprint density at radius 2 is 1.82 bits per heavy atom. The van der Waals surface area contributed by atoms with Crippen molar-refractivity contribution < 1.29 is 14.0 Å². The van der Waals surface area contributed by atoms with E-state index in [0.717, 1.165) is 4.90 Å². The van der Waals surface area contributed by atoms with Gasteiger partial charge in [0, 0.05) is 29.6 Å². The van der Waals surface area contributed by atoms with Gasteiger partial charge in [0.15, 0.2) is 5.82 Å². The molecule has 5 nitrogen and oxygen atoms in total. The predicted molar refractivity (Wildman–Crippen MR) is 79.5 cm³/mol. The van der Waals surface area contributed by atoms with Gasteiger partial charge < -0.3 is 0 Å². The minimum Gasteiger partial charge on any atom is -0.274 e. The van der Waals surface area contributed by atoms with Gasteiger partial charge in [0.2, 0.25) is 11.8 Å². The SMILES string of the molecule is O=C1CCC(=O)N1c1nn(Cc2c(F)cccc2Cl)cc1Cl. The van der Waals surface area contributed by atoms with E-state index in [1.54, 1.807) is 6.07 Å². The summed E-state index contributed by atoms with van der Waals surface area (Å²) in [7, 11) is 0. The van der Waals surface area contributed by atoms with Crippen molar-refractivity contribution in [2.75, 3.05) is 4.90 Å². The van der Waals surface area contributed by atoms with E-state index < -0.39 is 5.82 Å². The molecular formula is C14H10Cl2FN3O2. The largest absolute Gasteiger partial charge is 0.274 e. The van der Waals surface area contributed by atoms with Gasteiger partial charge in [-0.2, -0.15) is 5.10 Å². The number of anilines is 1. The van der Waals surface area contributed by atoms with E-state index in [4.69, 9.17) is 23.2 Å². The average Bonchev–Trinajstić information content (AvgIpc) is 2.97. The second-order valence-electron chi connectivity index (χ2n) is 4.82. The third kappa shape index (κ3) is 2.60. The minimum atomic E-state index is -0.464. The molecule has 0 saturated carbocycles. The number of halogens is 3. The Balaban J connectivity index is 1.93. The van der Waals surface area contributed by atoms with Crippen LogP contribution < -0.4 is 4.90 Å². The van der Waals surface area contributed by atoms with Crippen LogP contribution in [0.5, 0.6) is 0 Å². The molecule has 2 amide bonds. The Morgan fingerprint density at radius 3 is 2.45 bits per heavy atom. The van der Waals surface area contributed by atoms with Crippen LogP contribution in [0.3, 0.4) is 0 Å². The summed E-state index contributed by atoms with van der Waals surface area (Å²) in [6, 6.07) is 4.37. The zero-order valence-electron chi connectivity index (χ0n) is 11.2. The topological polar surface area (TPSA) is 55.2 Å². The second-order valence-corrected chi connectivity index (χ2v) is 5.64. The maximum absolute atomic E-state index is 13.8. The zero-order valence-corrected chi connectivity index (χ0v) is 12.7. The van der Waals surface area contributed by atoms with E-state index in [0.29, 0.717) is 0 Å². The summed E-state index contributed by atoms with van der Waals surface area (Å²) >= 11 is 12.0. The summed E-state index contributed by atoms with van der Waals surface area (Å²) < 4.78 is 15.1. The number of hydrogen-bond donors (Lipinski definition) is 0. The summed E-state index contributed by atoms with van der Waals surface area (Å²) in [5.41, 5.74) is 0.258. The zero-order chi connectivity index (χ0) is 15.9. The van der Waals surface area contributed by atoms with Crippen LogP contribution in [0.25, 0.3) is 0 Å². The van der Waals surface area contributed by atoms with Crippen LogP contribution in [-0.2, 0) is 16.1 Å². The highest BCUT2D eigenvalue weighted by Gasteiger charge is 2.33. The van der Waals surface area contributed by atoms with Crippen LogP contribution in [0.1, 0.15) is 18.4 Å². The lowest BCUT2D eigenvalue weighted by Crippen LogP contribution is -2.29. The average molecular weight is 342 g/mol. The van der Waals surface area contributed by atoms with Crippen LogP contribution in [0.4, 0.5) is 10.2 Å². The number of aromatic nitrogens is 2. The highest BCUT2D eigenvalue weighted by molar-refractivity contribution is 6.35. The lowest BCUT2D eigenvalue weighted by Gasteiger charge is -2.10. The van der Waals surface area contributed by atoms with Crippen molar-refractivity contribution in [1.29, 1.82) is 0 Å². The van der Waals surface area contributed by atoms with Crippen LogP contribution in [0.2, 0.25) is 10.0 Å². The van der Waals surface area contributed by atoms with Gasteiger partial charge in [-0.3, -0.25) is 14.3 Å². The monoisotopic (exact) mass is 341 g/mol. The molecule has 0 radical (unpaired) electrons. The van der Waals surface area contributed by atoms with Gasteiger partial charge in [0.25, 0.3) is 0 Å². The maximum Gasteiger partial charge on any atom is 0.235 e. The molecule has 0 atom stereocenters. The lowest BCUT2D eigenvalue weighted by atomic mass is 10.2. The van der Waals surface area contributed by atoms with Crippen molar-refractivity contribution in [3.63, 3.8) is 0 Å². The van der Waals surface area contributed by atoms with Crippen LogP contribution in [-0.4, -0.2) is 21.6 Å². The summed E-state index contributed by atoms with van der Waals surface area (Å²) in [5.74, 6) is -1.09. The molecule has 0 aliphatic carbocycles. The van der Waals surface area contributed by atoms with Crippen molar-refractivity contribution in [2.45, 2.75) is 19.4 Å². The first-order valence-corrected chi connectivity index (χ1v) is 7.24. The van der Waals surface area contributed by atoms with E-state index in [1.807, 2.05) is 0 Å². The molecule has 2 aromatic rings. The van der Waals surface area contributed by atoms with Gasteiger partial charge in [0.05, 0.1) is 6.54 Å². The molecule has 0 spiro atoms. The van der Waals surface area contributed by atoms with Crippen LogP contribution >= 0.6 is 23.2 Å². The Bertz CT molecular complexity index is 739. The van der Waals surface area contributed by atoms with Gasteiger partial charge in [0.1, 0.15) is 10.8 Å². The lowest BCUT2D eigenvalue weighted by molar-refractivity contribution is -0.121. The quantitative estimate of drug-likeness (QED) is 0.806. The van der Waals surface area contributed by atoms with E-state index in [2.05, 4.69) is 5.10 Å². The number of nitrogens with zero attached hydrogens (tertiary/aromatic N) is 3. The number of benzene rings is 1. The van der Waals surface area contributed by atoms with Crippen molar-refractivity contribution in [1.82, 2.24) is 9.78 Å². The molecule has 8 heteroatoms. The second kappa shape index (κ2) is 5.70. The summed E-state index contributed by atoms with van der Waals surface area (Å²) in [6.45, 7) is 0.0431. The highest BCUT2D eigenvalue weighted by Crippen LogP contribution is 2.29. The molecule has 22 heavy (non-hydrogen) atoms. The molecule has 0 bridgehead atoms. The number of amides is 2. The number of carbonyl (C=O) groups is 2. The highest BCUT2D eigenvalue weighted by atomic mass is 35.5. The number of rotatable bonds is 3. The molecule has 1 aliphatic heterocycles. The molecule has 1 aromatic carbocycles. The Labute approximate surface area is 135 Å². The molecule has 2 heterocycles. The fraction of sp³-hybridized carbons (Fsp3) is 0.214.